The zero-order chi connectivity index (χ0) is 19.5. The maximum Gasteiger partial charge on any atom is 0.219 e. The summed E-state index contributed by atoms with van der Waals surface area (Å²) in [5.74, 6) is 0.254. The highest BCUT2D eigenvalue weighted by atomic mass is 16.1. The number of rotatable bonds is 18. The van der Waals surface area contributed by atoms with Crippen molar-refractivity contribution in [3.63, 3.8) is 0 Å². The lowest BCUT2D eigenvalue weighted by molar-refractivity contribution is -0.121. The van der Waals surface area contributed by atoms with E-state index >= 15 is 0 Å². The van der Waals surface area contributed by atoms with Gasteiger partial charge in [-0.2, -0.15) is 0 Å². The summed E-state index contributed by atoms with van der Waals surface area (Å²) >= 11 is 0. The van der Waals surface area contributed by atoms with Crippen molar-refractivity contribution in [2.75, 3.05) is 6.54 Å². The van der Waals surface area contributed by atoms with Gasteiger partial charge in [0.05, 0.1) is 0 Å². The quantitative estimate of drug-likeness (QED) is 0.246. The van der Waals surface area contributed by atoms with Gasteiger partial charge in [0.1, 0.15) is 0 Å². The van der Waals surface area contributed by atoms with E-state index in [4.69, 9.17) is 0 Å². The Labute approximate surface area is 165 Å². The lowest BCUT2D eigenvalue weighted by Crippen LogP contribution is -2.23. The molecule has 2 nitrogen and oxygen atoms in total. The fraction of sp³-hybridized carbons (Fsp3) is 0.958. The van der Waals surface area contributed by atoms with Crippen LogP contribution in [0.4, 0.5) is 0 Å². The molecule has 0 radical (unpaired) electrons. The summed E-state index contributed by atoms with van der Waals surface area (Å²) in [5.41, 5.74) is 0.427. The van der Waals surface area contributed by atoms with Crippen molar-refractivity contribution in [1.29, 1.82) is 0 Å². The van der Waals surface area contributed by atoms with Gasteiger partial charge in [-0.05, 0) is 24.7 Å². The summed E-state index contributed by atoms with van der Waals surface area (Å²) < 4.78 is 0. The minimum atomic E-state index is 0.254. The van der Waals surface area contributed by atoms with E-state index < -0.39 is 0 Å². The molecule has 0 unspecified atom stereocenters. The average molecular weight is 368 g/mol. The van der Waals surface area contributed by atoms with Crippen LogP contribution < -0.4 is 5.32 Å². The van der Waals surface area contributed by atoms with Gasteiger partial charge < -0.3 is 5.32 Å². The molecule has 0 fully saturated rings. The predicted molar refractivity (Wildman–Crippen MR) is 117 cm³/mol. The summed E-state index contributed by atoms with van der Waals surface area (Å²) in [6, 6.07) is 0. The standard InChI is InChI=1S/C24H49NO/c1-5-6-7-8-9-10-11-12-13-14-15-19-22-25-23(26)20-17-16-18-21-24(2,3)4/h5-22H2,1-4H3,(H,25,26). The Kier molecular flexibility index (Phi) is 17.5. The molecular formula is C24H49NO. The Morgan fingerprint density at radius 1 is 0.654 bits per heavy atom. The van der Waals surface area contributed by atoms with E-state index in [0.717, 1.165) is 19.4 Å². The molecular weight excluding hydrogens is 318 g/mol. The van der Waals surface area contributed by atoms with Crippen LogP contribution in [0.2, 0.25) is 0 Å². The number of hydrogen-bond acceptors (Lipinski definition) is 1. The zero-order valence-electron chi connectivity index (χ0n) is 18.6. The number of carbonyl (C=O) groups excluding carboxylic acids is 1. The van der Waals surface area contributed by atoms with E-state index in [-0.39, 0.29) is 5.91 Å². The van der Waals surface area contributed by atoms with Gasteiger partial charge >= 0.3 is 0 Å². The van der Waals surface area contributed by atoms with Gasteiger partial charge in [0.15, 0.2) is 0 Å². The van der Waals surface area contributed by atoms with E-state index in [9.17, 15) is 4.79 Å². The molecule has 0 bridgehead atoms. The first-order chi connectivity index (χ1) is 12.5. The van der Waals surface area contributed by atoms with E-state index in [1.807, 2.05) is 0 Å². The van der Waals surface area contributed by atoms with Gasteiger partial charge in [-0.1, -0.05) is 111 Å². The van der Waals surface area contributed by atoms with E-state index in [2.05, 4.69) is 33.0 Å². The molecule has 1 amide bonds. The fourth-order valence-corrected chi connectivity index (χ4v) is 3.40. The van der Waals surface area contributed by atoms with Crippen LogP contribution in [0.15, 0.2) is 0 Å². The van der Waals surface area contributed by atoms with Crippen LogP contribution in [0.3, 0.4) is 0 Å². The van der Waals surface area contributed by atoms with E-state index in [1.165, 1.54) is 89.9 Å². The molecule has 0 saturated heterocycles. The molecule has 26 heavy (non-hydrogen) atoms. The Balaban J connectivity index is 3.19. The van der Waals surface area contributed by atoms with Gasteiger partial charge in [0, 0.05) is 13.0 Å². The molecule has 0 aliphatic carbocycles. The number of nitrogens with one attached hydrogen (secondary N) is 1. The Bertz CT molecular complexity index is 306. The second-order valence-electron chi connectivity index (χ2n) is 9.36. The van der Waals surface area contributed by atoms with Crippen molar-refractivity contribution >= 4 is 5.91 Å². The molecule has 0 spiro atoms. The third kappa shape index (κ3) is 21.5. The highest BCUT2D eigenvalue weighted by Crippen LogP contribution is 2.22. The molecule has 0 aliphatic rings. The van der Waals surface area contributed by atoms with Crippen LogP contribution in [0.5, 0.6) is 0 Å². The maximum atomic E-state index is 11.8. The molecule has 0 atom stereocenters. The highest BCUT2D eigenvalue weighted by molar-refractivity contribution is 5.75. The van der Waals surface area contributed by atoms with Crippen LogP contribution in [0, 0.1) is 5.41 Å². The Morgan fingerprint density at radius 3 is 1.62 bits per heavy atom. The minimum Gasteiger partial charge on any atom is -0.356 e. The average Bonchev–Trinajstić information content (AvgIpc) is 2.57. The molecule has 0 aliphatic heterocycles. The van der Waals surface area contributed by atoms with Crippen LogP contribution in [0.1, 0.15) is 137 Å². The van der Waals surface area contributed by atoms with Gasteiger partial charge in [0.25, 0.3) is 0 Å². The molecule has 0 rings (SSSR count). The normalized spacial score (nSPS) is 11.7. The lowest BCUT2D eigenvalue weighted by atomic mass is 9.89. The molecule has 0 saturated carbocycles. The van der Waals surface area contributed by atoms with Crippen LogP contribution in [-0.4, -0.2) is 12.5 Å². The van der Waals surface area contributed by atoms with Crippen LogP contribution in [-0.2, 0) is 4.79 Å². The minimum absolute atomic E-state index is 0.254. The first-order valence-corrected chi connectivity index (χ1v) is 11.7. The molecule has 0 aromatic carbocycles. The summed E-state index contributed by atoms with van der Waals surface area (Å²) in [5, 5.41) is 3.09. The van der Waals surface area contributed by atoms with E-state index in [1.54, 1.807) is 0 Å². The van der Waals surface area contributed by atoms with E-state index in [0.29, 0.717) is 11.8 Å². The van der Waals surface area contributed by atoms with Crippen molar-refractivity contribution in [3.8, 4) is 0 Å². The number of unbranched alkanes of at least 4 members (excludes halogenated alkanes) is 13. The second-order valence-corrected chi connectivity index (χ2v) is 9.36. The first kappa shape index (κ1) is 25.5. The number of hydrogen-bond donors (Lipinski definition) is 1. The highest BCUT2D eigenvalue weighted by Gasteiger charge is 2.09. The van der Waals surface area contributed by atoms with Crippen molar-refractivity contribution in [1.82, 2.24) is 5.32 Å². The third-order valence-electron chi connectivity index (χ3n) is 5.18. The predicted octanol–water partition coefficient (Wildman–Crippen LogP) is 7.80. The van der Waals surface area contributed by atoms with Gasteiger partial charge in [-0.25, -0.2) is 0 Å². The summed E-state index contributed by atoms with van der Waals surface area (Å²) in [6.07, 6.45) is 21.8. The van der Waals surface area contributed by atoms with Crippen LogP contribution in [0.25, 0.3) is 0 Å². The smallest absolute Gasteiger partial charge is 0.219 e. The maximum absolute atomic E-state index is 11.8. The molecule has 0 aromatic rings. The first-order valence-electron chi connectivity index (χ1n) is 11.7. The Hall–Kier alpha value is -0.530. The Morgan fingerprint density at radius 2 is 1.12 bits per heavy atom. The van der Waals surface area contributed by atoms with Crippen LogP contribution >= 0.6 is 0 Å². The summed E-state index contributed by atoms with van der Waals surface area (Å²) in [4.78, 5) is 11.8. The van der Waals surface area contributed by atoms with Crippen molar-refractivity contribution in [2.24, 2.45) is 5.41 Å². The van der Waals surface area contributed by atoms with Crippen molar-refractivity contribution in [2.45, 2.75) is 137 Å². The fourth-order valence-electron chi connectivity index (χ4n) is 3.40. The topological polar surface area (TPSA) is 29.1 Å². The summed E-state index contributed by atoms with van der Waals surface area (Å²) in [7, 11) is 0. The SMILES string of the molecule is CCCCCCCCCCCCCCNC(=O)CCCCCC(C)(C)C. The van der Waals surface area contributed by atoms with Crippen molar-refractivity contribution in [3.05, 3.63) is 0 Å². The molecule has 156 valence electrons. The monoisotopic (exact) mass is 367 g/mol. The van der Waals surface area contributed by atoms with Gasteiger partial charge in [0.2, 0.25) is 5.91 Å². The third-order valence-corrected chi connectivity index (χ3v) is 5.18. The lowest BCUT2D eigenvalue weighted by Gasteiger charge is -2.17. The number of carbonyl (C=O) groups is 1. The number of amides is 1. The largest absolute Gasteiger partial charge is 0.356 e. The molecule has 0 heterocycles. The molecule has 2 heteroatoms. The second kappa shape index (κ2) is 17.9. The molecule has 0 aromatic heterocycles. The summed E-state index contributed by atoms with van der Waals surface area (Å²) in [6.45, 7) is 10.0. The zero-order valence-corrected chi connectivity index (χ0v) is 18.6. The van der Waals surface area contributed by atoms with Gasteiger partial charge in [-0.15, -0.1) is 0 Å². The van der Waals surface area contributed by atoms with Crippen molar-refractivity contribution < 1.29 is 4.79 Å². The molecule has 1 N–H and O–H groups in total. The van der Waals surface area contributed by atoms with Gasteiger partial charge in [-0.3, -0.25) is 4.79 Å².